The van der Waals surface area contributed by atoms with Gasteiger partial charge >= 0.3 is 12.1 Å². The lowest BCUT2D eigenvalue weighted by molar-refractivity contribution is -0.205. The van der Waals surface area contributed by atoms with Crippen LogP contribution in [0.3, 0.4) is 0 Å². The number of halogens is 4. The Morgan fingerprint density at radius 2 is 2.00 bits per heavy atom. The number of nitrogens with zero attached hydrogens (tertiary/aromatic N) is 2. The molecule has 0 bridgehead atoms. The van der Waals surface area contributed by atoms with Gasteiger partial charge in [-0.3, -0.25) is 9.59 Å². The van der Waals surface area contributed by atoms with Gasteiger partial charge in [-0.15, -0.1) is 0 Å². The number of amides is 1. The predicted molar refractivity (Wildman–Crippen MR) is 135 cm³/mol. The zero-order valence-corrected chi connectivity index (χ0v) is 22.0. The Balaban J connectivity index is 1.59. The second-order valence-electron chi connectivity index (χ2n) is 10.8. The second-order valence-corrected chi connectivity index (χ2v) is 10.8. The van der Waals surface area contributed by atoms with E-state index < -0.39 is 47.2 Å². The van der Waals surface area contributed by atoms with E-state index in [-0.39, 0.29) is 60.4 Å². The van der Waals surface area contributed by atoms with E-state index in [4.69, 9.17) is 4.74 Å². The maximum absolute atomic E-state index is 15.0. The summed E-state index contributed by atoms with van der Waals surface area (Å²) in [6.45, 7) is 2.91. The van der Waals surface area contributed by atoms with E-state index in [2.05, 4.69) is 10.3 Å². The van der Waals surface area contributed by atoms with Crippen LogP contribution in [0, 0.1) is 12.7 Å². The van der Waals surface area contributed by atoms with E-state index >= 15 is 0 Å². The molecule has 9 nitrogen and oxygen atoms in total. The molecule has 1 aromatic carbocycles. The molecule has 13 heteroatoms. The minimum absolute atomic E-state index is 0.00549. The van der Waals surface area contributed by atoms with Crippen molar-refractivity contribution in [1.82, 2.24) is 14.9 Å². The molecular formula is C28H25F4N3O6. The molecule has 3 aliphatic rings. The number of aliphatic hydroxyl groups excluding tert-OH is 1. The third-order valence-electron chi connectivity index (χ3n) is 8.35. The molecule has 3 N–H and O–H groups in total. The fourth-order valence-corrected chi connectivity index (χ4v) is 6.36. The van der Waals surface area contributed by atoms with Crippen LogP contribution in [0.2, 0.25) is 0 Å². The van der Waals surface area contributed by atoms with Crippen molar-refractivity contribution in [3.8, 4) is 11.4 Å². The van der Waals surface area contributed by atoms with Gasteiger partial charge in [0.25, 0.3) is 11.5 Å². The molecule has 4 heterocycles. The van der Waals surface area contributed by atoms with Crippen molar-refractivity contribution in [1.29, 1.82) is 0 Å². The SMILES string of the molecule is CCC[C@@]1(O)C(=O)OCc2c1cc1n(c2=O)Cc2c-1nc1cc(F)c(C)c3c1c2[C@@H](NC(=O)C(O)C(F)(F)F)CC3. The number of carbonyl (C=O) groups excluding carboxylic acids is 2. The normalized spacial score (nSPS) is 21.7. The highest BCUT2D eigenvalue weighted by Crippen LogP contribution is 2.46. The number of fused-ring (bicyclic) bond motifs is 5. The van der Waals surface area contributed by atoms with Gasteiger partial charge < -0.3 is 24.8 Å². The third kappa shape index (κ3) is 3.89. The molecule has 0 spiro atoms. The number of aryl methyl sites for hydroxylation is 1. The quantitative estimate of drug-likeness (QED) is 0.252. The molecule has 6 rings (SSSR count). The Bertz CT molecular complexity index is 1730. The first-order valence-electron chi connectivity index (χ1n) is 13.1. The van der Waals surface area contributed by atoms with Crippen molar-refractivity contribution >= 4 is 22.8 Å². The Morgan fingerprint density at radius 1 is 1.27 bits per heavy atom. The number of benzene rings is 1. The third-order valence-corrected chi connectivity index (χ3v) is 8.35. The van der Waals surface area contributed by atoms with Crippen LogP contribution in [-0.2, 0) is 39.5 Å². The number of ether oxygens (including phenoxy) is 1. The largest absolute Gasteiger partial charge is 0.458 e. The standard InChI is InChI=1S/C28H25F4N3O6/c1-3-6-27(40)15-7-19-22-13(9-35(19)25(38)14(15)10-41-26(27)39)21-17(34-24(37)23(36)28(30,31)32)5-4-12-11(2)16(29)8-18(33-22)20(12)21/h7-8,17,23,36,40H,3-6,9-10H2,1-2H3,(H,34,37)/t17-,23?,27-/m0/s1. The van der Waals surface area contributed by atoms with Crippen molar-refractivity contribution in [3.05, 3.63) is 61.7 Å². The Morgan fingerprint density at radius 3 is 2.68 bits per heavy atom. The van der Waals surface area contributed by atoms with Gasteiger partial charge in [0.1, 0.15) is 12.4 Å². The average molecular weight is 576 g/mol. The van der Waals surface area contributed by atoms with Gasteiger partial charge in [-0.1, -0.05) is 13.3 Å². The number of hydrogen-bond acceptors (Lipinski definition) is 7. The molecule has 2 aliphatic heterocycles. The van der Waals surface area contributed by atoms with Crippen molar-refractivity contribution in [3.63, 3.8) is 0 Å². The zero-order chi connectivity index (χ0) is 29.6. The molecule has 41 heavy (non-hydrogen) atoms. The lowest BCUT2D eigenvalue weighted by Gasteiger charge is -2.32. The number of carbonyl (C=O) groups is 2. The van der Waals surface area contributed by atoms with Crippen molar-refractivity contribution in [2.75, 3.05) is 0 Å². The van der Waals surface area contributed by atoms with Crippen LogP contribution in [0.1, 0.15) is 65.6 Å². The molecule has 1 unspecified atom stereocenters. The topological polar surface area (TPSA) is 131 Å². The van der Waals surface area contributed by atoms with Crippen molar-refractivity contribution in [2.45, 2.75) is 76.6 Å². The molecule has 0 saturated carbocycles. The van der Waals surface area contributed by atoms with E-state index in [1.54, 1.807) is 13.8 Å². The highest BCUT2D eigenvalue weighted by molar-refractivity contribution is 5.94. The number of nitrogens with one attached hydrogen (secondary N) is 1. The molecule has 0 fully saturated rings. The summed E-state index contributed by atoms with van der Waals surface area (Å²) in [5.74, 6) is -3.06. The fraction of sp³-hybridized carbons (Fsp3) is 0.429. The molecule has 1 amide bonds. The molecule has 1 aliphatic carbocycles. The molecule has 2 aromatic heterocycles. The first-order valence-corrected chi connectivity index (χ1v) is 13.1. The number of rotatable bonds is 4. The highest BCUT2D eigenvalue weighted by Gasteiger charge is 2.47. The minimum atomic E-state index is -5.18. The van der Waals surface area contributed by atoms with E-state index in [1.165, 1.54) is 16.7 Å². The minimum Gasteiger partial charge on any atom is -0.458 e. The van der Waals surface area contributed by atoms with Gasteiger partial charge in [0.15, 0.2) is 5.60 Å². The van der Waals surface area contributed by atoms with Crippen LogP contribution in [0.5, 0.6) is 0 Å². The van der Waals surface area contributed by atoms with E-state index in [0.29, 0.717) is 34.1 Å². The maximum atomic E-state index is 15.0. The van der Waals surface area contributed by atoms with Crippen LogP contribution in [0.15, 0.2) is 16.9 Å². The molecule has 216 valence electrons. The van der Waals surface area contributed by atoms with Crippen LogP contribution < -0.4 is 10.9 Å². The lowest BCUT2D eigenvalue weighted by atomic mass is 9.81. The summed E-state index contributed by atoms with van der Waals surface area (Å²) in [5.41, 5.74) is -0.0524. The Kier molecular flexibility index (Phi) is 6.05. The Labute approximate surface area is 229 Å². The first kappa shape index (κ1) is 27.3. The summed E-state index contributed by atoms with van der Waals surface area (Å²) in [5, 5.41) is 23.6. The molecule has 3 aromatic rings. The van der Waals surface area contributed by atoms with E-state index in [9.17, 15) is 42.2 Å². The number of alkyl halides is 3. The summed E-state index contributed by atoms with van der Waals surface area (Å²) in [7, 11) is 0. The van der Waals surface area contributed by atoms with Crippen molar-refractivity contribution < 1.29 is 42.1 Å². The Hall–Kier alpha value is -3.84. The average Bonchev–Trinajstić information content (AvgIpc) is 3.28. The van der Waals surface area contributed by atoms with Gasteiger partial charge in [0.2, 0.25) is 6.10 Å². The van der Waals surface area contributed by atoms with Gasteiger partial charge in [0, 0.05) is 22.6 Å². The summed E-state index contributed by atoms with van der Waals surface area (Å²) >= 11 is 0. The number of esters is 1. The molecule has 0 radical (unpaired) electrons. The second kappa shape index (κ2) is 9.08. The monoisotopic (exact) mass is 575 g/mol. The molecule has 3 atom stereocenters. The van der Waals surface area contributed by atoms with Gasteiger partial charge in [-0.25, -0.2) is 14.2 Å². The lowest BCUT2D eigenvalue weighted by Crippen LogP contribution is -2.46. The summed E-state index contributed by atoms with van der Waals surface area (Å²) in [4.78, 5) is 43.4. The van der Waals surface area contributed by atoms with Gasteiger partial charge in [0.05, 0.1) is 35.1 Å². The van der Waals surface area contributed by atoms with Gasteiger partial charge in [-0.05, 0) is 48.9 Å². The number of pyridine rings is 2. The highest BCUT2D eigenvalue weighted by atomic mass is 19.4. The number of aromatic nitrogens is 2. The van der Waals surface area contributed by atoms with Crippen LogP contribution in [-0.4, -0.2) is 43.9 Å². The smallest absolute Gasteiger partial charge is 0.423 e. The number of aliphatic hydroxyl groups is 2. The van der Waals surface area contributed by atoms with E-state index in [0.717, 1.165) is 0 Å². The van der Waals surface area contributed by atoms with Crippen LogP contribution >= 0.6 is 0 Å². The summed E-state index contributed by atoms with van der Waals surface area (Å²) < 4.78 is 60.8. The summed E-state index contributed by atoms with van der Waals surface area (Å²) in [6.07, 6.45) is -7.69. The zero-order valence-electron chi connectivity index (χ0n) is 22.0. The number of cyclic esters (lactones) is 1. The van der Waals surface area contributed by atoms with Crippen LogP contribution in [0.4, 0.5) is 17.6 Å². The van der Waals surface area contributed by atoms with Crippen LogP contribution in [0.25, 0.3) is 22.3 Å². The fourth-order valence-electron chi connectivity index (χ4n) is 6.36. The van der Waals surface area contributed by atoms with Gasteiger partial charge in [-0.2, -0.15) is 13.2 Å². The summed E-state index contributed by atoms with van der Waals surface area (Å²) in [6, 6.07) is 1.67. The molecular weight excluding hydrogens is 550 g/mol. The van der Waals surface area contributed by atoms with E-state index in [1.807, 2.05) is 0 Å². The predicted octanol–water partition coefficient (Wildman–Crippen LogP) is 2.94. The van der Waals surface area contributed by atoms with Crippen molar-refractivity contribution in [2.24, 2.45) is 0 Å². The number of hydrogen-bond donors (Lipinski definition) is 3. The maximum Gasteiger partial charge on any atom is 0.423 e. The molecule has 0 saturated heterocycles. The first-order chi connectivity index (χ1) is 19.3.